The summed E-state index contributed by atoms with van der Waals surface area (Å²) in [5.74, 6) is 0.179. The Kier molecular flexibility index (Phi) is 3.83. The Morgan fingerprint density at radius 3 is 2.80 bits per heavy atom. The molecule has 0 aliphatic heterocycles. The summed E-state index contributed by atoms with van der Waals surface area (Å²) >= 11 is 0. The Morgan fingerprint density at radius 1 is 1.47 bits per heavy atom. The average molecular weight is 210 g/mol. The number of carbonyl (C=O) groups is 1. The number of hydrogen-bond acceptors (Lipinski definition) is 2. The molecular formula is C12H15FO2. The maximum Gasteiger partial charge on any atom is 0.126 e. The van der Waals surface area contributed by atoms with Crippen LogP contribution in [0.1, 0.15) is 20.3 Å². The highest BCUT2D eigenvalue weighted by atomic mass is 19.1. The van der Waals surface area contributed by atoms with Crippen molar-refractivity contribution in [3.63, 3.8) is 0 Å². The largest absolute Gasteiger partial charge is 0.493 e. The second-order valence-corrected chi connectivity index (χ2v) is 4.16. The lowest BCUT2D eigenvalue weighted by molar-refractivity contribution is -0.115. The van der Waals surface area contributed by atoms with Crippen LogP contribution in [0, 0.1) is 11.2 Å². The second kappa shape index (κ2) is 4.91. The van der Waals surface area contributed by atoms with Crippen LogP contribution in [0.2, 0.25) is 0 Å². The van der Waals surface area contributed by atoms with E-state index in [1.54, 1.807) is 12.1 Å². The van der Waals surface area contributed by atoms with Crippen molar-refractivity contribution in [3.05, 3.63) is 30.1 Å². The van der Waals surface area contributed by atoms with Crippen molar-refractivity contribution in [2.45, 2.75) is 20.3 Å². The predicted molar refractivity (Wildman–Crippen MR) is 56.4 cm³/mol. The molecule has 1 aromatic rings. The van der Waals surface area contributed by atoms with Crippen LogP contribution in [0.5, 0.6) is 5.75 Å². The number of benzene rings is 1. The lowest BCUT2D eigenvalue weighted by Gasteiger charge is -2.16. The molecule has 0 unspecified atom stereocenters. The molecule has 0 aliphatic carbocycles. The number of halogens is 1. The molecule has 0 saturated heterocycles. The SMILES string of the molecule is CC(C)(C=O)CCOc1cccc(F)c1. The van der Waals surface area contributed by atoms with Gasteiger partial charge in [-0.2, -0.15) is 0 Å². The summed E-state index contributed by atoms with van der Waals surface area (Å²) in [4.78, 5) is 10.6. The summed E-state index contributed by atoms with van der Waals surface area (Å²) in [5, 5.41) is 0. The Bertz CT molecular complexity index is 334. The monoisotopic (exact) mass is 210 g/mol. The third kappa shape index (κ3) is 4.11. The quantitative estimate of drug-likeness (QED) is 0.698. The lowest BCUT2D eigenvalue weighted by atomic mass is 9.92. The lowest BCUT2D eigenvalue weighted by Crippen LogP contribution is -2.16. The molecule has 0 heterocycles. The van der Waals surface area contributed by atoms with Crippen molar-refractivity contribution in [1.29, 1.82) is 0 Å². The van der Waals surface area contributed by atoms with Gasteiger partial charge in [0.2, 0.25) is 0 Å². The van der Waals surface area contributed by atoms with Crippen molar-refractivity contribution in [2.24, 2.45) is 5.41 Å². The van der Waals surface area contributed by atoms with E-state index in [1.807, 2.05) is 13.8 Å². The summed E-state index contributed by atoms with van der Waals surface area (Å²) in [6.07, 6.45) is 1.52. The highest BCUT2D eigenvalue weighted by molar-refractivity contribution is 5.57. The van der Waals surface area contributed by atoms with E-state index in [9.17, 15) is 9.18 Å². The van der Waals surface area contributed by atoms with Gasteiger partial charge >= 0.3 is 0 Å². The van der Waals surface area contributed by atoms with E-state index in [2.05, 4.69) is 0 Å². The molecule has 0 saturated carbocycles. The first-order valence-electron chi connectivity index (χ1n) is 4.88. The summed E-state index contributed by atoms with van der Waals surface area (Å²) in [7, 11) is 0. The van der Waals surface area contributed by atoms with Gasteiger partial charge in [-0.3, -0.25) is 0 Å². The van der Waals surface area contributed by atoms with Gasteiger partial charge in [0.15, 0.2) is 0 Å². The summed E-state index contributed by atoms with van der Waals surface area (Å²) < 4.78 is 18.1. The number of aldehydes is 1. The maximum absolute atomic E-state index is 12.8. The first-order valence-corrected chi connectivity index (χ1v) is 4.88. The number of ether oxygens (including phenoxy) is 1. The Balaban J connectivity index is 2.41. The van der Waals surface area contributed by atoms with Gasteiger partial charge in [0.05, 0.1) is 6.61 Å². The predicted octanol–water partition coefficient (Wildman–Crippen LogP) is 2.82. The minimum absolute atomic E-state index is 0.317. The smallest absolute Gasteiger partial charge is 0.126 e. The van der Waals surface area contributed by atoms with Gasteiger partial charge in [-0.15, -0.1) is 0 Å². The van der Waals surface area contributed by atoms with Crippen LogP contribution in [0.4, 0.5) is 4.39 Å². The van der Waals surface area contributed by atoms with E-state index in [-0.39, 0.29) is 11.2 Å². The van der Waals surface area contributed by atoms with Crippen LogP contribution in [0.3, 0.4) is 0 Å². The number of hydrogen-bond donors (Lipinski definition) is 0. The molecule has 0 bridgehead atoms. The molecule has 0 atom stereocenters. The Morgan fingerprint density at radius 2 is 2.20 bits per heavy atom. The normalized spacial score (nSPS) is 11.1. The maximum atomic E-state index is 12.8. The molecule has 0 spiro atoms. The van der Waals surface area contributed by atoms with Crippen LogP contribution in [0.15, 0.2) is 24.3 Å². The summed E-state index contributed by atoms with van der Waals surface area (Å²) in [6.45, 7) is 4.10. The van der Waals surface area contributed by atoms with E-state index in [0.717, 1.165) is 6.29 Å². The van der Waals surface area contributed by atoms with E-state index >= 15 is 0 Å². The van der Waals surface area contributed by atoms with Crippen molar-refractivity contribution >= 4 is 6.29 Å². The third-order valence-corrected chi connectivity index (χ3v) is 2.13. The van der Waals surface area contributed by atoms with Crippen LogP contribution in [-0.2, 0) is 4.79 Å². The topological polar surface area (TPSA) is 26.3 Å². The Labute approximate surface area is 89.1 Å². The standard InChI is InChI=1S/C12H15FO2/c1-12(2,9-14)6-7-15-11-5-3-4-10(13)8-11/h3-5,8-9H,6-7H2,1-2H3. The zero-order chi connectivity index (χ0) is 11.3. The summed E-state index contributed by atoms with van der Waals surface area (Å²) in [6, 6.07) is 5.97. The fourth-order valence-corrected chi connectivity index (χ4v) is 1.05. The molecule has 2 nitrogen and oxygen atoms in total. The van der Waals surface area contributed by atoms with Gasteiger partial charge in [-0.05, 0) is 18.6 Å². The molecule has 1 aromatic carbocycles. The fraction of sp³-hybridized carbons (Fsp3) is 0.417. The molecule has 0 radical (unpaired) electrons. The van der Waals surface area contributed by atoms with Crippen LogP contribution >= 0.6 is 0 Å². The molecule has 15 heavy (non-hydrogen) atoms. The van der Waals surface area contributed by atoms with E-state index < -0.39 is 0 Å². The average Bonchev–Trinajstić information content (AvgIpc) is 2.18. The second-order valence-electron chi connectivity index (χ2n) is 4.16. The molecule has 82 valence electrons. The number of rotatable bonds is 5. The van der Waals surface area contributed by atoms with Crippen molar-refractivity contribution in [3.8, 4) is 5.75 Å². The molecule has 1 rings (SSSR count). The molecule has 0 aliphatic rings. The highest BCUT2D eigenvalue weighted by Crippen LogP contribution is 2.18. The van der Waals surface area contributed by atoms with Crippen molar-refractivity contribution in [2.75, 3.05) is 6.61 Å². The number of carbonyl (C=O) groups excluding carboxylic acids is 1. The zero-order valence-electron chi connectivity index (χ0n) is 9.00. The van der Waals surface area contributed by atoms with Crippen molar-refractivity contribution in [1.82, 2.24) is 0 Å². The van der Waals surface area contributed by atoms with Gasteiger partial charge in [0.1, 0.15) is 17.9 Å². The molecule has 0 aromatic heterocycles. The van der Waals surface area contributed by atoms with E-state index in [0.29, 0.717) is 18.8 Å². The molecule has 3 heteroatoms. The Hall–Kier alpha value is -1.38. The molecule has 0 fully saturated rings. The first-order chi connectivity index (χ1) is 7.03. The van der Waals surface area contributed by atoms with Gasteiger partial charge in [0.25, 0.3) is 0 Å². The first kappa shape index (κ1) is 11.7. The molecular weight excluding hydrogens is 195 g/mol. The van der Waals surface area contributed by atoms with Gasteiger partial charge in [-0.1, -0.05) is 19.9 Å². The van der Waals surface area contributed by atoms with Crippen LogP contribution in [-0.4, -0.2) is 12.9 Å². The minimum atomic E-state index is -0.382. The van der Waals surface area contributed by atoms with E-state index in [1.165, 1.54) is 12.1 Å². The summed E-state index contributed by atoms with van der Waals surface area (Å²) in [5.41, 5.74) is -0.382. The molecule has 0 amide bonds. The van der Waals surface area contributed by atoms with Gasteiger partial charge in [0, 0.05) is 11.5 Å². The minimum Gasteiger partial charge on any atom is -0.493 e. The fourth-order valence-electron chi connectivity index (χ4n) is 1.05. The van der Waals surface area contributed by atoms with E-state index in [4.69, 9.17) is 4.74 Å². The van der Waals surface area contributed by atoms with Crippen LogP contribution < -0.4 is 4.74 Å². The third-order valence-electron chi connectivity index (χ3n) is 2.13. The van der Waals surface area contributed by atoms with Gasteiger partial charge < -0.3 is 9.53 Å². The van der Waals surface area contributed by atoms with Gasteiger partial charge in [-0.25, -0.2) is 4.39 Å². The van der Waals surface area contributed by atoms with Crippen LogP contribution in [0.25, 0.3) is 0 Å². The van der Waals surface area contributed by atoms with Crippen molar-refractivity contribution < 1.29 is 13.9 Å². The molecule has 0 N–H and O–H groups in total. The zero-order valence-corrected chi connectivity index (χ0v) is 9.00. The highest BCUT2D eigenvalue weighted by Gasteiger charge is 2.16.